The van der Waals surface area contributed by atoms with Crippen molar-refractivity contribution in [1.82, 2.24) is 9.80 Å². The predicted molar refractivity (Wildman–Crippen MR) is 95.7 cm³/mol. The monoisotopic (exact) mass is 350 g/mol. The van der Waals surface area contributed by atoms with Crippen molar-refractivity contribution < 1.29 is 19.7 Å². The van der Waals surface area contributed by atoms with E-state index < -0.39 is 6.10 Å². The van der Waals surface area contributed by atoms with Crippen LogP contribution in [0.1, 0.15) is 18.4 Å². The molecule has 6 heteroatoms. The van der Waals surface area contributed by atoms with Crippen LogP contribution in [0.3, 0.4) is 0 Å². The Morgan fingerprint density at radius 1 is 1.12 bits per heavy atom. The van der Waals surface area contributed by atoms with Gasteiger partial charge >= 0.3 is 0 Å². The number of aliphatic hydroxyl groups excluding tert-OH is 2. The third kappa shape index (κ3) is 6.24. The van der Waals surface area contributed by atoms with E-state index in [4.69, 9.17) is 9.47 Å². The summed E-state index contributed by atoms with van der Waals surface area (Å²) in [6, 6.07) is 8.10. The molecule has 2 aliphatic heterocycles. The standard InChI is InChI=1S/C19H30N2O4/c22-17-4-6-20(7-5-17)14-18(23)15-25-19-3-1-2-16(12-19)13-21-8-10-24-11-9-21/h1-3,12,17-18,22-23H,4-11,13-15H2. The lowest BCUT2D eigenvalue weighted by molar-refractivity contribution is 0.0329. The smallest absolute Gasteiger partial charge is 0.119 e. The first-order valence-corrected chi connectivity index (χ1v) is 9.29. The van der Waals surface area contributed by atoms with E-state index in [0.29, 0.717) is 13.2 Å². The zero-order chi connectivity index (χ0) is 17.5. The molecule has 3 rings (SSSR count). The summed E-state index contributed by atoms with van der Waals surface area (Å²) in [6.45, 7) is 7.01. The average molecular weight is 350 g/mol. The van der Waals surface area contributed by atoms with Gasteiger partial charge in [0.2, 0.25) is 0 Å². The first kappa shape index (κ1) is 18.6. The molecule has 2 fully saturated rings. The highest BCUT2D eigenvalue weighted by atomic mass is 16.5. The lowest BCUT2D eigenvalue weighted by atomic mass is 10.1. The molecule has 25 heavy (non-hydrogen) atoms. The number of ether oxygens (including phenoxy) is 2. The molecule has 2 heterocycles. The van der Waals surface area contributed by atoms with Gasteiger partial charge in [-0.2, -0.15) is 0 Å². The van der Waals surface area contributed by atoms with E-state index in [-0.39, 0.29) is 6.10 Å². The van der Waals surface area contributed by atoms with Crippen molar-refractivity contribution >= 4 is 0 Å². The van der Waals surface area contributed by atoms with Crippen molar-refractivity contribution in [1.29, 1.82) is 0 Å². The molecule has 6 nitrogen and oxygen atoms in total. The van der Waals surface area contributed by atoms with Crippen LogP contribution in [0.4, 0.5) is 0 Å². The molecule has 1 atom stereocenters. The maximum atomic E-state index is 10.2. The molecule has 0 amide bonds. The van der Waals surface area contributed by atoms with Crippen LogP contribution in [-0.2, 0) is 11.3 Å². The Bertz CT molecular complexity index is 514. The van der Waals surface area contributed by atoms with E-state index in [9.17, 15) is 10.2 Å². The number of aliphatic hydroxyl groups is 2. The van der Waals surface area contributed by atoms with Crippen LogP contribution < -0.4 is 4.74 Å². The second kappa shape index (κ2) is 9.50. The average Bonchev–Trinajstić information content (AvgIpc) is 2.63. The molecule has 0 aliphatic carbocycles. The van der Waals surface area contributed by atoms with Gasteiger partial charge in [-0.15, -0.1) is 0 Å². The largest absolute Gasteiger partial charge is 0.491 e. The summed E-state index contributed by atoms with van der Waals surface area (Å²) in [7, 11) is 0. The fourth-order valence-corrected chi connectivity index (χ4v) is 3.40. The molecule has 0 radical (unpaired) electrons. The third-order valence-corrected chi connectivity index (χ3v) is 4.88. The van der Waals surface area contributed by atoms with Crippen LogP contribution in [0.25, 0.3) is 0 Å². The van der Waals surface area contributed by atoms with Crippen molar-refractivity contribution in [2.24, 2.45) is 0 Å². The minimum Gasteiger partial charge on any atom is -0.491 e. The number of nitrogens with zero attached hydrogens (tertiary/aromatic N) is 2. The van der Waals surface area contributed by atoms with Crippen molar-refractivity contribution in [2.75, 3.05) is 52.5 Å². The Morgan fingerprint density at radius 3 is 2.64 bits per heavy atom. The van der Waals surface area contributed by atoms with E-state index in [1.54, 1.807) is 0 Å². The Labute approximate surface area is 149 Å². The number of rotatable bonds is 7. The van der Waals surface area contributed by atoms with Crippen LogP contribution in [0.15, 0.2) is 24.3 Å². The molecule has 140 valence electrons. The zero-order valence-corrected chi connectivity index (χ0v) is 14.8. The Kier molecular flexibility index (Phi) is 7.07. The van der Waals surface area contributed by atoms with Gasteiger partial charge in [-0.25, -0.2) is 0 Å². The Hall–Kier alpha value is -1.18. The molecule has 0 bridgehead atoms. The van der Waals surface area contributed by atoms with Gasteiger partial charge in [0, 0.05) is 39.3 Å². The van der Waals surface area contributed by atoms with Gasteiger partial charge < -0.3 is 24.6 Å². The molecular formula is C19H30N2O4. The summed E-state index contributed by atoms with van der Waals surface area (Å²) in [4.78, 5) is 4.57. The van der Waals surface area contributed by atoms with Crippen molar-refractivity contribution in [3.8, 4) is 5.75 Å². The first-order valence-electron chi connectivity index (χ1n) is 9.29. The molecule has 1 aromatic carbocycles. The van der Waals surface area contributed by atoms with E-state index in [0.717, 1.165) is 64.5 Å². The molecule has 2 aliphatic rings. The minimum atomic E-state index is -0.516. The van der Waals surface area contributed by atoms with Gasteiger partial charge in [-0.05, 0) is 30.5 Å². The number of benzene rings is 1. The highest BCUT2D eigenvalue weighted by molar-refractivity contribution is 5.28. The van der Waals surface area contributed by atoms with Crippen LogP contribution in [0.2, 0.25) is 0 Å². The Morgan fingerprint density at radius 2 is 1.88 bits per heavy atom. The van der Waals surface area contributed by atoms with Crippen LogP contribution in [0, 0.1) is 0 Å². The topological polar surface area (TPSA) is 65.4 Å². The molecule has 0 spiro atoms. The first-order chi connectivity index (χ1) is 12.2. The maximum absolute atomic E-state index is 10.2. The summed E-state index contributed by atoms with van der Waals surface area (Å²) in [5.74, 6) is 0.805. The van der Waals surface area contributed by atoms with E-state index in [1.807, 2.05) is 12.1 Å². The second-order valence-corrected chi connectivity index (χ2v) is 7.03. The summed E-state index contributed by atoms with van der Waals surface area (Å²) in [6.07, 6.45) is 0.880. The predicted octanol–water partition coefficient (Wildman–Crippen LogP) is 0.715. The summed E-state index contributed by atoms with van der Waals surface area (Å²) in [5.41, 5.74) is 1.22. The molecule has 2 saturated heterocycles. The van der Waals surface area contributed by atoms with Gasteiger partial charge in [0.25, 0.3) is 0 Å². The quantitative estimate of drug-likeness (QED) is 0.755. The number of hydrogen-bond acceptors (Lipinski definition) is 6. The van der Waals surface area contributed by atoms with E-state index in [2.05, 4.69) is 21.9 Å². The molecule has 0 saturated carbocycles. The van der Waals surface area contributed by atoms with Crippen LogP contribution in [0.5, 0.6) is 5.75 Å². The summed E-state index contributed by atoms with van der Waals surface area (Å²) >= 11 is 0. The highest BCUT2D eigenvalue weighted by Crippen LogP contribution is 2.16. The van der Waals surface area contributed by atoms with Crippen molar-refractivity contribution in [2.45, 2.75) is 31.6 Å². The van der Waals surface area contributed by atoms with Gasteiger partial charge in [0.15, 0.2) is 0 Å². The summed E-state index contributed by atoms with van der Waals surface area (Å²) < 4.78 is 11.2. The number of piperidine rings is 1. The third-order valence-electron chi connectivity index (χ3n) is 4.88. The van der Waals surface area contributed by atoms with Crippen molar-refractivity contribution in [3.63, 3.8) is 0 Å². The van der Waals surface area contributed by atoms with Crippen molar-refractivity contribution in [3.05, 3.63) is 29.8 Å². The molecule has 0 aromatic heterocycles. The van der Waals surface area contributed by atoms with Crippen LogP contribution in [-0.4, -0.2) is 84.8 Å². The van der Waals surface area contributed by atoms with Gasteiger partial charge in [0.1, 0.15) is 18.5 Å². The van der Waals surface area contributed by atoms with Gasteiger partial charge in [-0.3, -0.25) is 4.90 Å². The lowest BCUT2D eigenvalue weighted by Gasteiger charge is -2.30. The lowest BCUT2D eigenvalue weighted by Crippen LogP contribution is -2.41. The Balaban J connectivity index is 1.42. The summed E-state index contributed by atoms with van der Waals surface area (Å²) in [5, 5.41) is 19.7. The van der Waals surface area contributed by atoms with Crippen LogP contribution >= 0.6 is 0 Å². The number of likely N-dealkylation sites (tertiary alicyclic amines) is 1. The number of morpholine rings is 1. The van der Waals surface area contributed by atoms with E-state index in [1.165, 1.54) is 5.56 Å². The highest BCUT2D eigenvalue weighted by Gasteiger charge is 2.19. The van der Waals surface area contributed by atoms with Gasteiger partial charge in [0.05, 0.1) is 19.3 Å². The fraction of sp³-hybridized carbons (Fsp3) is 0.684. The SMILES string of the molecule is OC1CCN(CC(O)COc2cccc(CN3CCOCC3)c2)CC1. The maximum Gasteiger partial charge on any atom is 0.119 e. The zero-order valence-electron chi connectivity index (χ0n) is 14.8. The van der Waals surface area contributed by atoms with Gasteiger partial charge in [-0.1, -0.05) is 12.1 Å². The fourth-order valence-electron chi connectivity index (χ4n) is 3.40. The molecule has 1 aromatic rings. The van der Waals surface area contributed by atoms with E-state index >= 15 is 0 Å². The second-order valence-electron chi connectivity index (χ2n) is 7.03. The minimum absolute atomic E-state index is 0.182. The molecular weight excluding hydrogens is 320 g/mol. The molecule has 1 unspecified atom stereocenters. The molecule has 2 N–H and O–H groups in total. The number of β-amino-alcohol motifs (C(OH)–C–C–N with tert-alkyl or cyclic N) is 1. The number of hydrogen-bond donors (Lipinski definition) is 2. The normalized spacial score (nSPS) is 22.0.